The number of benzene rings is 3. The maximum absolute atomic E-state index is 14.0. The molecular formula is C46H56N8O10. The maximum Gasteiger partial charge on any atom is 0.407 e. The zero-order valence-electron chi connectivity index (χ0n) is 37.4. The summed E-state index contributed by atoms with van der Waals surface area (Å²) in [5.41, 5.74) is 6.34. The highest BCUT2D eigenvalue weighted by Gasteiger charge is 2.43. The number of ether oxygens (including phenoxy) is 6. The Morgan fingerprint density at radius 3 is 2.14 bits per heavy atom. The normalized spacial score (nSPS) is 21.1. The van der Waals surface area contributed by atoms with Gasteiger partial charge in [0.25, 0.3) is 0 Å². The van der Waals surface area contributed by atoms with Crippen molar-refractivity contribution in [3.8, 4) is 28.1 Å². The Balaban J connectivity index is 1.05. The zero-order chi connectivity index (χ0) is 45.4. The molecule has 4 amide bonds. The predicted octanol–water partition coefficient (Wildman–Crippen LogP) is 5.63. The molecule has 0 bridgehead atoms. The number of rotatable bonds is 13. The molecule has 0 aliphatic carbocycles. The van der Waals surface area contributed by atoms with E-state index in [1.165, 1.54) is 28.4 Å². The van der Waals surface area contributed by atoms with E-state index in [4.69, 9.17) is 38.4 Å². The lowest BCUT2D eigenvalue weighted by molar-refractivity contribution is -0.138. The average molecular weight is 881 g/mol. The van der Waals surface area contributed by atoms with Crippen molar-refractivity contribution in [1.29, 1.82) is 0 Å². The smallest absolute Gasteiger partial charge is 0.407 e. The van der Waals surface area contributed by atoms with Gasteiger partial charge < -0.3 is 58.8 Å². The van der Waals surface area contributed by atoms with E-state index in [1.807, 2.05) is 12.1 Å². The molecule has 2 saturated heterocycles. The Labute approximate surface area is 370 Å². The van der Waals surface area contributed by atoms with E-state index >= 15 is 0 Å². The van der Waals surface area contributed by atoms with Crippen molar-refractivity contribution in [2.75, 3.05) is 55.2 Å². The number of nitrogens with one attached hydrogen (secondary N) is 4. The fourth-order valence-corrected chi connectivity index (χ4v) is 9.38. The number of carbonyl (C=O) groups excluding carboxylic acids is 4. The van der Waals surface area contributed by atoms with Gasteiger partial charge in [0.2, 0.25) is 11.8 Å². The first-order valence-electron chi connectivity index (χ1n) is 21.5. The minimum atomic E-state index is -0.967. The van der Waals surface area contributed by atoms with Gasteiger partial charge in [0.1, 0.15) is 36.1 Å². The minimum Gasteiger partial charge on any atom is -0.488 e. The standard InChI is InChI=1S/C46H56N8O10/c1-23-13-35(53(19-23)43(55)38(24(2)60-5)51-45(57)62-7)42-48-33-12-10-27-16-32-30-11-9-28(15-29(30)22-64-37(32)17-31(27)40(33)50-42)34-18-47-41(49-34)36-14-26(21-59-4)20-54(36)44(56)39(25(3)61-6)52-46(58)63-8/h9-12,15-18,23-26,35-36,38-39H,13-14,19-22H2,1-8H3,(H,47,49)(H,48,50)(H,51,57)(H,52,58)/t23-,24+,25+,26-,35-,36-,38-,39-/m0/s1. The van der Waals surface area contributed by atoms with Crippen LogP contribution in [0.4, 0.5) is 9.59 Å². The summed E-state index contributed by atoms with van der Waals surface area (Å²) in [7, 11) is 7.14. The first-order valence-corrected chi connectivity index (χ1v) is 21.5. The van der Waals surface area contributed by atoms with E-state index in [0.29, 0.717) is 50.8 Å². The second-order valence-electron chi connectivity index (χ2n) is 17.0. The SMILES string of the molecule is COC[C@H]1C[C@@H](c2ncc(-c3ccc4c(c3)COc3cc5c(ccc6[nH]c([C@@H]7C[C@H](C)CN7C(=O)[C@@H](NC(=O)OC)[C@@H](C)OC)nc65)cc3-4)[nH]2)N(C(=O)[C@@H](NC(=O)OC)[C@@H](C)OC)C1. The van der Waals surface area contributed by atoms with Crippen molar-refractivity contribution in [1.82, 2.24) is 40.4 Å². The largest absolute Gasteiger partial charge is 0.488 e. The molecule has 5 heterocycles. The Kier molecular flexibility index (Phi) is 12.8. The Bertz CT molecular complexity index is 2560. The number of carbonyl (C=O) groups is 4. The Hall–Kier alpha value is -6.24. The maximum atomic E-state index is 14.0. The summed E-state index contributed by atoms with van der Waals surface area (Å²) in [5.74, 6) is 1.74. The number of hydrogen-bond donors (Lipinski definition) is 4. The van der Waals surface area contributed by atoms with Crippen LogP contribution in [-0.2, 0) is 39.9 Å². The van der Waals surface area contributed by atoms with Gasteiger partial charge in [-0.25, -0.2) is 19.6 Å². The number of imidazole rings is 2. The molecule has 2 fully saturated rings. The van der Waals surface area contributed by atoms with Crippen LogP contribution < -0.4 is 15.4 Å². The van der Waals surface area contributed by atoms with Gasteiger partial charge in [-0.15, -0.1) is 0 Å². The van der Waals surface area contributed by atoms with Gasteiger partial charge >= 0.3 is 12.2 Å². The fraction of sp³-hybridized carbons (Fsp3) is 0.478. The van der Waals surface area contributed by atoms with E-state index < -0.39 is 36.5 Å². The van der Waals surface area contributed by atoms with Crippen molar-refractivity contribution in [2.45, 2.75) is 76.6 Å². The zero-order valence-corrected chi connectivity index (χ0v) is 37.4. The van der Waals surface area contributed by atoms with Crippen LogP contribution in [0.2, 0.25) is 0 Å². The molecule has 3 aliphatic rings. The van der Waals surface area contributed by atoms with Crippen LogP contribution in [0.25, 0.3) is 44.2 Å². The molecule has 3 aromatic carbocycles. The summed E-state index contributed by atoms with van der Waals surface area (Å²) < 4.78 is 32.5. The average Bonchev–Trinajstić information content (AvgIpc) is 4.14. The molecule has 0 spiro atoms. The second-order valence-corrected chi connectivity index (χ2v) is 17.0. The van der Waals surface area contributed by atoms with Crippen molar-refractivity contribution in [2.24, 2.45) is 11.8 Å². The highest BCUT2D eigenvalue weighted by atomic mass is 16.5. The number of amides is 4. The number of aromatic nitrogens is 4. The van der Waals surface area contributed by atoms with Gasteiger partial charge in [-0.1, -0.05) is 25.1 Å². The summed E-state index contributed by atoms with van der Waals surface area (Å²) >= 11 is 0. The molecule has 18 heteroatoms. The molecule has 5 aromatic rings. The van der Waals surface area contributed by atoms with E-state index in [9.17, 15) is 19.2 Å². The number of H-pyrrole nitrogens is 2. The third-order valence-electron chi connectivity index (χ3n) is 12.9. The number of alkyl carbamates (subject to hydrolysis) is 2. The number of nitrogens with zero attached hydrogens (tertiary/aromatic N) is 4. The first kappa shape index (κ1) is 44.4. The monoisotopic (exact) mass is 880 g/mol. The number of methoxy groups -OCH3 is 5. The van der Waals surface area contributed by atoms with Crippen LogP contribution in [0.3, 0.4) is 0 Å². The predicted molar refractivity (Wildman–Crippen MR) is 235 cm³/mol. The van der Waals surface area contributed by atoms with Crippen LogP contribution in [0.1, 0.15) is 62.9 Å². The molecule has 4 N–H and O–H groups in total. The van der Waals surface area contributed by atoms with E-state index in [0.717, 1.165) is 55.5 Å². The molecule has 8 rings (SSSR count). The topological polar surface area (TPSA) is 212 Å². The molecule has 0 saturated carbocycles. The molecule has 0 radical (unpaired) electrons. The summed E-state index contributed by atoms with van der Waals surface area (Å²) in [4.78, 5) is 72.8. The number of hydrogen-bond acceptors (Lipinski definition) is 12. The van der Waals surface area contributed by atoms with Crippen LogP contribution in [-0.4, -0.2) is 133 Å². The van der Waals surface area contributed by atoms with Crippen molar-refractivity contribution in [3.63, 3.8) is 0 Å². The molecule has 64 heavy (non-hydrogen) atoms. The Morgan fingerprint density at radius 2 is 1.48 bits per heavy atom. The van der Waals surface area contributed by atoms with Crippen molar-refractivity contribution in [3.05, 3.63) is 65.9 Å². The van der Waals surface area contributed by atoms with Crippen molar-refractivity contribution >= 4 is 45.8 Å². The lowest BCUT2D eigenvalue weighted by Crippen LogP contribution is -2.54. The molecule has 8 atom stereocenters. The Morgan fingerprint density at radius 1 is 0.812 bits per heavy atom. The number of aromatic amines is 2. The molecule has 18 nitrogen and oxygen atoms in total. The molecule has 3 aliphatic heterocycles. The minimum absolute atomic E-state index is 0.0611. The summed E-state index contributed by atoms with van der Waals surface area (Å²) in [6.45, 7) is 7.29. The van der Waals surface area contributed by atoms with Gasteiger partial charge in [-0.3, -0.25) is 9.59 Å². The van der Waals surface area contributed by atoms with E-state index in [-0.39, 0.29) is 35.7 Å². The van der Waals surface area contributed by atoms with Crippen LogP contribution in [0.5, 0.6) is 5.75 Å². The van der Waals surface area contributed by atoms with Crippen LogP contribution in [0, 0.1) is 11.8 Å². The molecule has 0 unspecified atom stereocenters. The lowest BCUT2D eigenvalue weighted by atomic mass is 9.92. The summed E-state index contributed by atoms with van der Waals surface area (Å²) in [5, 5.41) is 7.20. The van der Waals surface area contributed by atoms with Gasteiger partial charge in [0, 0.05) is 51.3 Å². The van der Waals surface area contributed by atoms with E-state index in [1.54, 1.807) is 37.0 Å². The first-order chi connectivity index (χ1) is 30.8. The third-order valence-corrected chi connectivity index (χ3v) is 12.9. The highest BCUT2D eigenvalue weighted by Crippen LogP contribution is 2.44. The van der Waals surface area contributed by atoms with Crippen LogP contribution in [0.15, 0.2) is 48.7 Å². The summed E-state index contributed by atoms with van der Waals surface area (Å²) in [6, 6.07) is 11.8. The van der Waals surface area contributed by atoms with Gasteiger partial charge in [0.15, 0.2) is 0 Å². The summed E-state index contributed by atoms with van der Waals surface area (Å²) in [6.07, 6.45) is 0.470. The number of fused-ring (bicyclic) bond motifs is 6. The van der Waals surface area contributed by atoms with Gasteiger partial charge in [0.05, 0.1) is 68.0 Å². The van der Waals surface area contributed by atoms with Crippen molar-refractivity contribution < 1.29 is 47.6 Å². The third kappa shape index (κ3) is 8.44. The van der Waals surface area contributed by atoms with Gasteiger partial charge in [-0.05, 0) is 78.9 Å². The highest BCUT2D eigenvalue weighted by molar-refractivity contribution is 6.07. The van der Waals surface area contributed by atoms with Gasteiger partial charge in [-0.2, -0.15) is 0 Å². The molecule has 340 valence electrons. The van der Waals surface area contributed by atoms with E-state index in [2.05, 4.69) is 57.9 Å². The second kappa shape index (κ2) is 18.5. The molecule has 2 aromatic heterocycles. The lowest BCUT2D eigenvalue weighted by Gasteiger charge is -2.30. The number of likely N-dealkylation sites (tertiary alicyclic amines) is 2. The molecular weight excluding hydrogens is 825 g/mol. The fourth-order valence-electron chi connectivity index (χ4n) is 9.38. The van der Waals surface area contributed by atoms with Crippen LogP contribution >= 0.6 is 0 Å². The quantitative estimate of drug-likeness (QED) is 0.113.